The Labute approximate surface area is 164 Å². The van der Waals surface area contributed by atoms with Crippen LogP contribution in [-0.4, -0.2) is 38.0 Å². The van der Waals surface area contributed by atoms with E-state index in [0.717, 1.165) is 22.2 Å². The van der Waals surface area contributed by atoms with Crippen LogP contribution in [0.5, 0.6) is 0 Å². The van der Waals surface area contributed by atoms with Crippen molar-refractivity contribution in [3.05, 3.63) is 50.1 Å². The number of ether oxygens (including phenoxy) is 1. The topological polar surface area (TPSA) is 96.1 Å². The lowest BCUT2D eigenvalue weighted by Crippen LogP contribution is -2.23. The third-order valence-electron chi connectivity index (χ3n) is 4.07. The van der Waals surface area contributed by atoms with Gasteiger partial charge in [-0.1, -0.05) is 23.2 Å². The van der Waals surface area contributed by atoms with Crippen molar-refractivity contribution in [2.24, 2.45) is 13.0 Å². The van der Waals surface area contributed by atoms with Gasteiger partial charge < -0.3 is 4.74 Å². The van der Waals surface area contributed by atoms with E-state index in [-0.39, 0.29) is 38.6 Å². The first kappa shape index (κ1) is 19.3. The van der Waals surface area contributed by atoms with Crippen molar-refractivity contribution < 1.29 is 14.3 Å². The third-order valence-corrected chi connectivity index (χ3v) is 4.76. The van der Waals surface area contributed by atoms with Gasteiger partial charge in [-0.15, -0.1) is 0 Å². The maximum absolute atomic E-state index is 13.0. The minimum absolute atomic E-state index is 0.0218. The van der Waals surface area contributed by atoms with Gasteiger partial charge in [-0.25, -0.2) is 4.79 Å². The van der Waals surface area contributed by atoms with Gasteiger partial charge >= 0.3 is 5.69 Å². The number of halogens is 2. The van der Waals surface area contributed by atoms with Gasteiger partial charge in [-0.05, 0) is 42.3 Å². The second-order valence-corrected chi connectivity index (χ2v) is 6.79. The van der Waals surface area contributed by atoms with E-state index in [9.17, 15) is 14.4 Å². The Morgan fingerprint density at radius 3 is 2.56 bits per heavy atom. The fourth-order valence-corrected chi connectivity index (χ4v) is 3.08. The van der Waals surface area contributed by atoms with E-state index in [1.54, 1.807) is 6.92 Å². The van der Waals surface area contributed by atoms with Crippen LogP contribution in [0, 0.1) is 5.92 Å². The molecule has 10 heteroatoms. The van der Waals surface area contributed by atoms with Crippen molar-refractivity contribution in [1.29, 1.82) is 0 Å². The lowest BCUT2D eigenvalue weighted by Gasteiger charge is -2.11. The largest absolute Gasteiger partial charge is 0.501 e. The molecule has 1 fully saturated rings. The van der Waals surface area contributed by atoms with Crippen molar-refractivity contribution in [3.63, 3.8) is 0 Å². The molecule has 1 aromatic carbocycles. The molecule has 1 saturated carbocycles. The SMILES string of the molecule is CCOC=C(C(=O)c1ccc(Cl)c(-n2nnn(C)c2=O)c1Cl)C(=O)C1CC1. The molecular formula is C17H16Cl2N4O4. The molecule has 0 amide bonds. The smallest absolute Gasteiger partial charge is 0.368 e. The number of aromatic nitrogens is 4. The predicted molar refractivity (Wildman–Crippen MR) is 98.4 cm³/mol. The van der Waals surface area contributed by atoms with E-state index in [0.29, 0.717) is 6.61 Å². The molecule has 27 heavy (non-hydrogen) atoms. The Morgan fingerprint density at radius 2 is 2.00 bits per heavy atom. The molecule has 0 radical (unpaired) electrons. The van der Waals surface area contributed by atoms with Crippen LogP contribution in [0.25, 0.3) is 5.69 Å². The minimum atomic E-state index is -0.597. The Hall–Kier alpha value is -2.45. The number of nitrogens with zero attached hydrogens (tertiary/aromatic N) is 4. The average molecular weight is 411 g/mol. The van der Waals surface area contributed by atoms with Crippen LogP contribution in [0.4, 0.5) is 0 Å². The average Bonchev–Trinajstić information content (AvgIpc) is 3.43. The van der Waals surface area contributed by atoms with E-state index in [2.05, 4.69) is 10.4 Å². The molecule has 0 atom stereocenters. The molecule has 0 aliphatic heterocycles. The summed E-state index contributed by atoms with van der Waals surface area (Å²) in [5.74, 6) is -1.05. The normalized spacial score (nSPS) is 14.3. The highest BCUT2D eigenvalue weighted by atomic mass is 35.5. The number of ketones is 2. The molecular weight excluding hydrogens is 395 g/mol. The van der Waals surface area contributed by atoms with Crippen molar-refractivity contribution in [1.82, 2.24) is 19.8 Å². The van der Waals surface area contributed by atoms with Gasteiger partial charge in [0.1, 0.15) is 11.3 Å². The number of aryl methyl sites for hydroxylation is 1. The van der Waals surface area contributed by atoms with E-state index in [1.807, 2.05) is 0 Å². The summed E-state index contributed by atoms with van der Waals surface area (Å²) in [5, 5.41) is 7.34. The van der Waals surface area contributed by atoms with Crippen LogP contribution >= 0.6 is 23.2 Å². The molecule has 0 saturated heterocycles. The fourth-order valence-electron chi connectivity index (χ4n) is 2.47. The number of benzene rings is 1. The Kier molecular flexibility index (Phi) is 5.48. The second kappa shape index (κ2) is 7.66. The highest BCUT2D eigenvalue weighted by Gasteiger charge is 2.36. The molecule has 3 rings (SSSR count). The van der Waals surface area contributed by atoms with Crippen molar-refractivity contribution in [2.75, 3.05) is 6.61 Å². The number of rotatable bonds is 7. The van der Waals surface area contributed by atoms with Gasteiger partial charge in [-0.3, -0.25) is 9.59 Å². The quantitative estimate of drug-likeness (QED) is 0.228. The summed E-state index contributed by atoms with van der Waals surface area (Å²) in [4.78, 5) is 37.7. The molecule has 0 N–H and O–H groups in total. The highest BCUT2D eigenvalue weighted by Crippen LogP contribution is 2.35. The number of carbonyl (C=O) groups is 2. The molecule has 0 bridgehead atoms. The van der Waals surface area contributed by atoms with Crippen LogP contribution in [0.2, 0.25) is 10.0 Å². The van der Waals surface area contributed by atoms with Crippen LogP contribution in [0.15, 0.2) is 28.8 Å². The number of tetrazole rings is 1. The van der Waals surface area contributed by atoms with Crippen LogP contribution in [0.3, 0.4) is 0 Å². The third kappa shape index (κ3) is 3.68. The van der Waals surface area contributed by atoms with Crippen molar-refractivity contribution in [3.8, 4) is 5.69 Å². The van der Waals surface area contributed by atoms with Crippen LogP contribution in [0.1, 0.15) is 30.1 Å². The van der Waals surface area contributed by atoms with Gasteiger partial charge in [0, 0.05) is 18.5 Å². The Bertz CT molecular complexity index is 1000. The molecule has 0 spiro atoms. The van der Waals surface area contributed by atoms with Gasteiger partial charge in [0.2, 0.25) is 5.78 Å². The number of allylic oxidation sites excluding steroid dienone is 1. The summed E-state index contributed by atoms with van der Waals surface area (Å²) in [7, 11) is 1.42. The first-order valence-corrected chi connectivity index (χ1v) is 9.00. The summed E-state index contributed by atoms with van der Waals surface area (Å²) in [5.41, 5.74) is -0.617. The maximum atomic E-state index is 13.0. The van der Waals surface area contributed by atoms with Crippen molar-refractivity contribution >= 4 is 34.8 Å². The summed E-state index contributed by atoms with van der Waals surface area (Å²) in [6.07, 6.45) is 2.65. The summed E-state index contributed by atoms with van der Waals surface area (Å²) in [6, 6.07) is 2.81. The Morgan fingerprint density at radius 1 is 1.30 bits per heavy atom. The standard InChI is InChI=1S/C17H16Cl2N4O4/c1-3-27-8-11(15(24)9-4-5-9)16(25)10-6-7-12(18)14(13(10)19)23-17(26)22(2)20-21-23/h6-9H,3-5H2,1-2H3. The monoisotopic (exact) mass is 410 g/mol. The first-order valence-electron chi connectivity index (χ1n) is 8.24. The molecule has 1 aliphatic carbocycles. The van der Waals surface area contributed by atoms with Gasteiger partial charge in [0.05, 0.1) is 22.9 Å². The maximum Gasteiger partial charge on any atom is 0.368 e. The number of Topliss-reactive ketones (excluding diaryl/α,β-unsaturated/α-hetero) is 2. The number of hydrogen-bond donors (Lipinski definition) is 0. The van der Waals surface area contributed by atoms with Gasteiger partial charge in [0.25, 0.3) is 0 Å². The molecule has 1 aliphatic rings. The van der Waals surface area contributed by atoms with E-state index in [4.69, 9.17) is 27.9 Å². The van der Waals surface area contributed by atoms with Gasteiger partial charge in [0.15, 0.2) is 5.78 Å². The van der Waals surface area contributed by atoms with Crippen molar-refractivity contribution in [2.45, 2.75) is 19.8 Å². The molecule has 142 valence electrons. The molecule has 1 aromatic heterocycles. The second-order valence-electron chi connectivity index (χ2n) is 6.01. The van der Waals surface area contributed by atoms with Crippen LogP contribution < -0.4 is 5.69 Å². The Balaban J connectivity index is 2.09. The minimum Gasteiger partial charge on any atom is -0.501 e. The number of carbonyl (C=O) groups excluding carboxylic acids is 2. The summed E-state index contributed by atoms with van der Waals surface area (Å²) in [6.45, 7) is 2.05. The fraction of sp³-hybridized carbons (Fsp3) is 0.353. The highest BCUT2D eigenvalue weighted by molar-refractivity contribution is 6.41. The lowest BCUT2D eigenvalue weighted by molar-refractivity contribution is -0.116. The van der Waals surface area contributed by atoms with E-state index >= 15 is 0 Å². The first-order chi connectivity index (χ1) is 12.9. The summed E-state index contributed by atoms with van der Waals surface area (Å²) < 4.78 is 7.08. The zero-order valence-corrected chi connectivity index (χ0v) is 16.1. The van der Waals surface area contributed by atoms with E-state index in [1.165, 1.54) is 25.4 Å². The summed E-state index contributed by atoms with van der Waals surface area (Å²) >= 11 is 12.6. The zero-order chi connectivity index (χ0) is 19.7. The predicted octanol–water partition coefficient (Wildman–Crippen LogP) is 2.36. The van der Waals surface area contributed by atoms with Gasteiger partial charge in [-0.2, -0.15) is 9.36 Å². The lowest BCUT2D eigenvalue weighted by atomic mass is 9.98. The molecule has 8 nitrogen and oxygen atoms in total. The van der Waals surface area contributed by atoms with E-state index < -0.39 is 11.5 Å². The molecule has 0 unspecified atom stereocenters. The number of hydrogen-bond acceptors (Lipinski definition) is 6. The zero-order valence-electron chi connectivity index (χ0n) is 14.6. The van der Waals surface area contributed by atoms with Crippen LogP contribution in [-0.2, 0) is 16.6 Å². The molecule has 1 heterocycles. The molecule has 2 aromatic rings.